The molecule has 5 unspecified atom stereocenters. The molecular weight excluding hydrogens is 568 g/mol. The van der Waals surface area contributed by atoms with Crippen LogP contribution in [0.4, 0.5) is 0 Å². The van der Waals surface area contributed by atoms with E-state index < -0.39 is 72.1 Å². The lowest BCUT2D eigenvalue weighted by atomic mass is 9.99. The van der Waals surface area contributed by atoms with Gasteiger partial charge in [-0.1, -0.05) is 45.9 Å². The Morgan fingerprint density at radius 3 is 1.82 bits per heavy atom. The third-order valence-corrected chi connectivity index (χ3v) is 7.44. The number of amides is 5. The van der Waals surface area contributed by atoms with Crippen molar-refractivity contribution in [1.82, 2.24) is 31.6 Å². The number of aromatic amines is 1. The van der Waals surface area contributed by atoms with Crippen molar-refractivity contribution in [3.05, 3.63) is 36.0 Å². The van der Waals surface area contributed by atoms with Gasteiger partial charge in [0.05, 0.1) is 0 Å². The molecule has 1 saturated heterocycles. The predicted molar refractivity (Wildman–Crippen MR) is 163 cm³/mol. The number of H-pyrrole nitrogens is 1. The number of carbonyl (C=O) groups is 6. The number of rotatable bonds is 9. The number of benzene rings is 1. The van der Waals surface area contributed by atoms with Crippen LogP contribution in [0.5, 0.6) is 0 Å². The van der Waals surface area contributed by atoms with Crippen LogP contribution < -0.4 is 26.6 Å². The Hall–Kier alpha value is -4.42. The van der Waals surface area contributed by atoms with Gasteiger partial charge >= 0.3 is 5.97 Å². The largest absolute Gasteiger partial charge is 0.481 e. The summed E-state index contributed by atoms with van der Waals surface area (Å²) in [6.07, 6.45) is 1.64. The zero-order valence-electron chi connectivity index (χ0n) is 25.9. The second kappa shape index (κ2) is 15.3. The third kappa shape index (κ3) is 9.55. The minimum atomic E-state index is -1.31. The number of carboxylic acids is 1. The second-order valence-corrected chi connectivity index (χ2v) is 12.2. The minimum Gasteiger partial charge on any atom is -0.481 e. The van der Waals surface area contributed by atoms with E-state index >= 15 is 0 Å². The monoisotopic (exact) mass is 612 g/mol. The summed E-state index contributed by atoms with van der Waals surface area (Å²) in [5, 5.41) is 23.5. The standard InChI is InChI=1S/C31H44N6O7/c1-16(2)12-23-29(42)36-24(13-17(3)4)30(43)37-25(14-19-15-32-21-9-7-6-8-20(19)21)31(44)34-22(10-11-26(38)39)28(41)33-18(5)27(40)35-23/h6-9,15-18,22-25,32H,10-14H2,1-5H3,(H,33,41)(H,34,44)(H,35,40)(H,36,42)(H,37,43)(H,38,39). The Labute approximate surface area is 256 Å². The first-order valence-corrected chi connectivity index (χ1v) is 15.0. The molecule has 3 rings (SSSR count). The van der Waals surface area contributed by atoms with E-state index in [-0.39, 0.29) is 37.5 Å². The van der Waals surface area contributed by atoms with Crippen molar-refractivity contribution in [2.75, 3.05) is 0 Å². The van der Waals surface area contributed by atoms with Gasteiger partial charge in [0.2, 0.25) is 29.5 Å². The molecule has 0 spiro atoms. The maximum Gasteiger partial charge on any atom is 0.303 e. The molecule has 1 aliphatic rings. The maximum absolute atomic E-state index is 13.7. The first kappa shape index (κ1) is 34.1. The molecule has 2 aromatic rings. The predicted octanol–water partition coefficient (Wildman–Crippen LogP) is 1.12. The minimum absolute atomic E-state index is 0.00518. The average Bonchev–Trinajstić information content (AvgIpc) is 3.35. The summed E-state index contributed by atoms with van der Waals surface area (Å²) < 4.78 is 0. The van der Waals surface area contributed by atoms with Crippen LogP contribution in [0.3, 0.4) is 0 Å². The smallest absolute Gasteiger partial charge is 0.303 e. The number of aromatic nitrogens is 1. The van der Waals surface area contributed by atoms with E-state index in [9.17, 15) is 33.9 Å². The van der Waals surface area contributed by atoms with Gasteiger partial charge in [-0.3, -0.25) is 28.8 Å². The van der Waals surface area contributed by atoms with E-state index in [0.29, 0.717) is 0 Å². The van der Waals surface area contributed by atoms with Gasteiger partial charge in [0.1, 0.15) is 30.2 Å². The van der Waals surface area contributed by atoms with Crippen LogP contribution in [0.25, 0.3) is 10.9 Å². The molecule has 240 valence electrons. The summed E-state index contributed by atoms with van der Waals surface area (Å²) >= 11 is 0. The molecule has 0 bridgehead atoms. The highest BCUT2D eigenvalue weighted by molar-refractivity contribution is 5.98. The summed E-state index contributed by atoms with van der Waals surface area (Å²) in [6.45, 7) is 8.99. The van der Waals surface area contributed by atoms with Gasteiger partial charge in [-0.05, 0) is 49.7 Å². The molecular formula is C31H44N6O7. The van der Waals surface area contributed by atoms with Gasteiger partial charge in [-0.15, -0.1) is 0 Å². The Morgan fingerprint density at radius 2 is 1.23 bits per heavy atom. The van der Waals surface area contributed by atoms with Crippen LogP contribution in [-0.2, 0) is 35.2 Å². The quantitative estimate of drug-likeness (QED) is 0.220. The fourth-order valence-corrected chi connectivity index (χ4v) is 5.17. The molecule has 13 nitrogen and oxygen atoms in total. The molecule has 0 radical (unpaired) electrons. The Balaban J connectivity index is 2.04. The van der Waals surface area contributed by atoms with Crippen LogP contribution in [0.1, 0.15) is 65.9 Å². The van der Waals surface area contributed by atoms with E-state index in [4.69, 9.17) is 0 Å². The van der Waals surface area contributed by atoms with E-state index in [0.717, 1.165) is 16.5 Å². The first-order chi connectivity index (χ1) is 20.7. The SMILES string of the molecule is CC(C)CC1NC(=O)C(C)NC(=O)C(CCC(=O)O)NC(=O)C(Cc2c[nH]c3ccccc23)NC(=O)C(CC(C)C)NC1=O. The summed E-state index contributed by atoms with van der Waals surface area (Å²) in [7, 11) is 0. The normalized spacial score (nSPS) is 24.2. The highest BCUT2D eigenvalue weighted by Crippen LogP contribution is 2.20. The van der Waals surface area contributed by atoms with Crippen molar-refractivity contribution in [1.29, 1.82) is 0 Å². The number of hydrogen-bond donors (Lipinski definition) is 7. The summed E-state index contributed by atoms with van der Waals surface area (Å²) in [5.74, 6) is -4.44. The number of para-hydroxylation sites is 1. The van der Waals surface area contributed by atoms with Crippen molar-refractivity contribution in [3.63, 3.8) is 0 Å². The van der Waals surface area contributed by atoms with Gasteiger partial charge in [0.25, 0.3) is 0 Å². The molecule has 13 heteroatoms. The third-order valence-electron chi connectivity index (χ3n) is 7.44. The maximum atomic E-state index is 13.7. The Kier molecular flexibility index (Phi) is 11.9. The van der Waals surface area contributed by atoms with Crippen LogP contribution >= 0.6 is 0 Å². The van der Waals surface area contributed by atoms with Crippen molar-refractivity contribution in [2.45, 2.75) is 96.9 Å². The molecule has 1 aliphatic heterocycles. The number of aliphatic carboxylic acids is 1. The number of fused-ring (bicyclic) bond motifs is 1. The van der Waals surface area contributed by atoms with Gasteiger partial charge in [-0.25, -0.2) is 0 Å². The van der Waals surface area contributed by atoms with Gasteiger partial charge < -0.3 is 36.7 Å². The lowest BCUT2D eigenvalue weighted by molar-refractivity contribution is -0.138. The van der Waals surface area contributed by atoms with E-state index in [1.165, 1.54) is 6.92 Å². The second-order valence-electron chi connectivity index (χ2n) is 12.2. The molecule has 0 saturated carbocycles. The highest BCUT2D eigenvalue weighted by atomic mass is 16.4. The fraction of sp³-hybridized carbons (Fsp3) is 0.548. The summed E-state index contributed by atoms with van der Waals surface area (Å²) in [4.78, 5) is 81.8. The lowest BCUT2D eigenvalue weighted by Crippen LogP contribution is -2.58. The van der Waals surface area contributed by atoms with Crippen molar-refractivity contribution in [2.24, 2.45) is 11.8 Å². The molecule has 5 amide bonds. The van der Waals surface area contributed by atoms with E-state index in [1.807, 2.05) is 52.0 Å². The summed E-state index contributed by atoms with van der Waals surface area (Å²) in [5.41, 5.74) is 1.56. The fourth-order valence-electron chi connectivity index (χ4n) is 5.17. The molecule has 7 N–H and O–H groups in total. The molecule has 5 atom stereocenters. The molecule has 1 aromatic heterocycles. The zero-order valence-corrected chi connectivity index (χ0v) is 25.9. The van der Waals surface area contributed by atoms with Gasteiger partial charge in [0.15, 0.2) is 0 Å². The summed E-state index contributed by atoms with van der Waals surface area (Å²) in [6, 6.07) is 1.86. The molecule has 44 heavy (non-hydrogen) atoms. The van der Waals surface area contributed by atoms with E-state index in [1.54, 1.807) is 6.20 Å². The van der Waals surface area contributed by atoms with Gasteiger partial charge in [-0.2, -0.15) is 0 Å². The molecule has 0 aliphatic carbocycles. The van der Waals surface area contributed by atoms with Crippen molar-refractivity contribution in [3.8, 4) is 0 Å². The van der Waals surface area contributed by atoms with Crippen molar-refractivity contribution < 1.29 is 33.9 Å². The van der Waals surface area contributed by atoms with Crippen LogP contribution in [0, 0.1) is 11.8 Å². The Morgan fingerprint density at radius 1 is 0.727 bits per heavy atom. The number of carbonyl (C=O) groups excluding carboxylic acids is 5. The topological polar surface area (TPSA) is 199 Å². The molecule has 1 aromatic carbocycles. The number of carboxylic acid groups (broad SMARTS) is 1. The number of hydrogen-bond acceptors (Lipinski definition) is 6. The molecule has 1 fully saturated rings. The average molecular weight is 613 g/mol. The molecule has 2 heterocycles. The Bertz CT molecular complexity index is 1370. The van der Waals surface area contributed by atoms with Crippen LogP contribution in [0.15, 0.2) is 30.5 Å². The number of nitrogens with one attached hydrogen (secondary N) is 6. The lowest BCUT2D eigenvalue weighted by Gasteiger charge is -2.27. The first-order valence-electron chi connectivity index (χ1n) is 15.0. The van der Waals surface area contributed by atoms with E-state index in [2.05, 4.69) is 31.6 Å². The van der Waals surface area contributed by atoms with Crippen LogP contribution in [-0.4, -0.2) is 75.8 Å². The van der Waals surface area contributed by atoms with Crippen molar-refractivity contribution >= 4 is 46.4 Å². The zero-order chi connectivity index (χ0) is 32.6. The highest BCUT2D eigenvalue weighted by Gasteiger charge is 2.34. The van der Waals surface area contributed by atoms with Crippen LogP contribution in [0.2, 0.25) is 0 Å². The van der Waals surface area contributed by atoms with Gasteiger partial charge in [0, 0.05) is 29.9 Å².